The topological polar surface area (TPSA) is 41.6 Å². The third-order valence-corrected chi connectivity index (χ3v) is 7.83. The number of amides is 1. The number of rotatable bonds is 6. The fourth-order valence-electron chi connectivity index (χ4n) is 3.96. The molecule has 3 rings (SSSR count). The molecular formula is C17H30N2O2S2. The molecule has 0 bridgehead atoms. The average molecular weight is 359 g/mol. The van der Waals surface area contributed by atoms with Crippen molar-refractivity contribution in [3.8, 4) is 0 Å². The van der Waals surface area contributed by atoms with Gasteiger partial charge in [0.25, 0.3) is 0 Å². The minimum atomic E-state index is 0.169. The lowest BCUT2D eigenvalue weighted by molar-refractivity contribution is -0.119. The van der Waals surface area contributed by atoms with Gasteiger partial charge in [-0.3, -0.25) is 9.69 Å². The standard InChI is InChI=1S/C17H30N2O2S2/c20-16(13-23-15-3-1-2-4-15)18-14-17(5-11-22-12-6-17)19-7-9-21-10-8-19/h15H,1-14H2,(H,18,20). The van der Waals surface area contributed by atoms with Crippen LogP contribution in [0.2, 0.25) is 0 Å². The maximum Gasteiger partial charge on any atom is 0.230 e. The van der Waals surface area contributed by atoms with E-state index in [4.69, 9.17) is 4.74 Å². The number of nitrogens with zero attached hydrogens (tertiary/aromatic N) is 1. The van der Waals surface area contributed by atoms with Crippen molar-refractivity contribution in [2.75, 3.05) is 50.1 Å². The zero-order valence-corrected chi connectivity index (χ0v) is 15.7. The van der Waals surface area contributed by atoms with Crippen LogP contribution in [-0.2, 0) is 9.53 Å². The van der Waals surface area contributed by atoms with Gasteiger partial charge in [0.15, 0.2) is 0 Å². The Morgan fingerprint density at radius 2 is 1.91 bits per heavy atom. The number of hydrogen-bond donors (Lipinski definition) is 1. The second-order valence-electron chi connectivity index (χ2n) is 6.93. The molecule has 0 spiro atoms. The SMILES string of the molecule is O=C(CSC1CCCC1)NCC1(N2CCOCC2)CCSCC1. The molecule has 1 N–H and O–H groups in total. The van der Waals surface area contributed by atoms with E-state index in [2.05, 4.69) is 10.2 Å². The first kappa shape index (κ1) is 17.9. The summed E-state index contributed by atoms with van der Waals surface area (Å²) >= 11 is 3.91. The number of hydrogen-bond acceptors (Lipinski definition) is 5. The monoisotopic (exact) mass is 358 g/mol. The molecule has 132 valence electrons. The molecule has 2 heterocycles. The van der Waals surface area contributed by atoms with Crippen molar-refractivity contribution in [1.82, 2.24) is 10.2 Å². The van der Waals surface area contributed by atoms with Gasteiger partial charge in [-0.2, -0.15) is 11.8 Å². The van der Waals surface area contributed by atoms with E-state index in [1.54, 1.807) is 0 Å². The fourth-order valence-corrected chi connectivity index (χ4v) is 6.37. The Kier molecular flexibility index (Phi) is 6.98. The van der Waals surface area contributed by atoms with Gasteiger partial charge in [0.1, 0.15) is 0 Å². The first-order chi connectivity index (χ1) is 11.3. The van der Waals surface area contributed by atoms with Crippen LogP contribution in [-0.4, -0.2) is 71.7 Å². The largest absolute Gasteiger partial charge is 0.379 e. The summed E-state index contributed by atoms with van der Waals surface area (Å²) in [6, 6.07) is 0. The lowest BCUT2D eigenvalue weighted by Crippen LogP contribution is -2.60. The third kappa shape index (κ3) is 5.03. The summed E-state index contributed by atoms with van der Waals surface area (Å²) in [5, 5.41) is 3.99. The van der Waals surface area contributed by atoms with Crippen LogP contribution in [0.5, 0.6) is 0 Å². The lowest BCUT2D eigenvalue weighted by Gasteiger charge is -2.48. The average Bonchev–Trinajstić information content (AvgIpc) is 3.13. The van der Waals surface area contributed by atoms with E-state index in [1.165, 1.54) is 50.0 Å². The molecule has 0 aromatic rings. The van der Waals surface area contributed by atoms with E-state index in [1.807, 2.05) is 23.5 Å². The maximum absolute atomic E-state index is 12.3. The predicted molar refractivity (Wildman–Crippen MR) is 99.4 cm³/mol. The van der Waals surface area contributed by atoms with Gasteiger partial charge in [-0.05, 0) is 37.2 Å². The van der Waals surface area contributed by atoms with Crippen LogP contribution in [0.25, 0.3) is 0 Å². The van der Waals surface area contributed by atoms with Crippen molar-refractivity contribution in [2.45, 2.75) is 49.3 Å². The zero-order chi connectivity index (χ0) is 16.0. The summed E-state index contributed by atoms with van der Waals surface area (Å²) in [6.45, 7) is 4.51. The molecule has 0 aromatic heterocycles. The number of ether oxygens (including phenoxy) is 1. The van der Waals surface area contributed by atoms with Gasteiger partial charge in [-0.15, -0.1) is 11.8 Å². The highest BCUT2D eigenvalue weighted by Crippen LogP contribution is 2.33. The minimum Gasteiger partial charge on any atom is -0.379 e. The van der Waals surface area contributed by atoms with E-state index in [9.17, 15) is 4.79 Å². The van der Waals surface area contributed by atoms with Gasteiger partial charge in [0.2, 0.25) is 5.91 Å². The van der Waals surface area contributed by atoms with Gasteiger partial charge in [-0.1, -0.05) is 12.8 Å². The molecule has 0 atom stereocenters. The quantitative estimate of drug-likeness (QED) is 0.789. The maximum atomic E-state index is 12.3. The molecule has 23 heavy (non-hydrogen) atoms. The molecule has 1 amide bonds. The molecule has 6 heteroatoms. The van der Waals surface area contributed by atoms with E-state index >= 15 is 0 Å². The molecule has 0 radical (unpaired) electrons. The van der Waals surface area contributed by atoms with Crippen LogP contribution >= 0.6 is 23.5 Å². The predicted octanol–water partition coefficient (Wildman–Crippen LogP) is 2.38. The van der Waals surface area contributed by atoms with Crippen LogP contribution in [0.3, 0.4) is 0 Å². The van der Waals surface area contributed by atoms with Gasteiger partial charge in [-0.25, -0.2) is 0 Å². The molecule has 2 aliphatic heterocycles. The van der Waals surface area contributed by atoms with Crippen molar-refractivity contribution in [3.05, 3.63) is 0 Å². The number of carbonyl (C=O) groups excluding carboxylic acids is 1. The van der Waals surface area contributed by atoms with Crippen molar-refractivity contribution < 1.29 is 9.53 Å². The van der Waals surface area contributed by atoms with E-state index in [-0.39, 0.29) is 11.4 Å². The number of thioether (sulfide) groups is 2. The van der Waals surface area contributed by atoms with Crippen LogP contribution in [0.1, 0.15) is 38.5 Å². The normalized spacial score (nSPS) is 26.3. The molecule has 1 saturated carbocycles. The van der Waals surface area contributed by atoms with Crippen LogP contribution in [0, 0.1) is 0 Å². The number of nitrogens with one attached hydrogen (secondary N) is 1. The van der Waals surface area contributed by atoms with Crippen molar-refractivity contribution in [1.29, 1.82) is 0 Å². The Bertz CT molecular complexity index is 377. The molecule has 3 fully saturated rings. The highest BCUT2D eigenvalue weighted by molar-refractivity contribution is 8.00. The number of carbonyl (C=O) groups is 1. The molecule has 2 saturated heterocycles. The highest BCUT2D eigenvalue weighted by atomic mass is 32.2. The summed E-state index contributed by atoms with van der Waals surface area (Å²) in [5.74, 6) is 3.29. The van der Waals surface area contributed by atoms with Crippen molar-refractivity contribution in [3.63, 3.8) is 0 Å². The number of morpholine rings is 1. The molecule has 0 unspecified atom stereocenters. The Balaban J connectivity index is 1.48. The van der Waals surface area contributed by atoms with Crippen LogP contribution in [0.4, 0.5) is 0 Å². The zero-order valence-electron chi connectivity index (χ0n) is 14.1. The lowest BCUT2D eigenvalue weighted by atomic mass is 9.89. The Morgan fingerprint density at radius 1 is 1.22 bits per heavy atom. The highest BCUT2D eigenvalue weighted by Gasteiger charge is 2.39. The Morgan fingerprint density at radius 3 is 2.61 bits per heavy atom. The molecule has 1 aliphatic carbocycles. The Hall–Kier alpha value is 0.0900. The summed E-state index contributed by atoms with van der Waals surface area (Å²) in [7, 11) is 0. The molecule has 3 aliphatic rings. The smallest absolute Gasteiger partial charge is 0.230 e. The Labute approximate surface area is 148 Å². The summed E-state index contributed by atoms with van der Waals surface area (Å²) in [4.78, 5) is 14.9. The first-order valence-electron chi connectivity index (χ1n) is 9.07. The van der Waals surface area contributed by atoms with Crippen LogP contribution in [0.15, 0.2) is 0 Å². The molecule has 4 nitrogen and oxygen atoms in total. The van der Waals surface area contributed by atoms with Crippen molar-refractivity contribution >= 4 is 29.4 Å². The van der Waals surface area contributed by atoms with Gasteiger partial charge in [0, 0.05) is 30.4 Å². The van der Waals surface area contributed by atoms with Gasteiger partial charge in [0.05, 0.1) is 19.0 Å². The summed E-state index contributed by atoms with van der Waals surface area (Å²) in [5.41, 5.74) is 0.169. The minimum absolute atomic E-state index is 0.169. The van der Waals surface area contributed by atoms with E-state index in [0.717, 1.165) is 38.1 Å². The summed E-state index contributed by atoms with van der Waals surface area (Å²) in [6.07, 6.45) is 7.66. The fraction of sp³-hybridized carbons (Fsp3) is 0.941. The second kappa shape index (κ2) is 8.97. The van der Waals surface area contributed by atoms with Gasteiger partial charge < -0.3 is 10.1 Å². The molecule has 0 aromatic carbocycles. The second-order valence-corrected chi connectivity index (χ2v) is 9.44. The van der Waals surface area contributed by atoms with Crippen LogP contribution < -0.4 is 5.32 Å². The van der Waals surface area contributed by atoms with Crippen molar-refractivity contribution in [2.24, 2.45) is 0 Å². The first-order valence-corrected chi connectivity index (χ1v) is 11.3. The summed E-state index contributed by atoms with van der Waals surface area (Å²) < 4.78 is 5.52. The molecular weight excluding hydrogens is 328 g/mol. The van der Waals surface area contributed by atoms with E-state index in [0.29, 0.717) is 5.75 Å². The third-order valence-electron chi connectivity index (χ3n) is 5.47. The van der Waals surface area contributed by atoms with E-state index < -0.39 is 0 Å². The van der Waals surface area contributed by atoms with Gasteiger partial charge >= 0.3 is 0 Å².